The van der Waals surface area contributed by atoms with E-state index in [4.69, 9.17) is 27.5 Å². The van der Waals surface area contributed by atoms with Crippen LogP contribution in [0.1, 0.15) is 19.3 Å². The fourth-order valence-corrected chi connectivity index (χ4v) is 9.05. The van der Waals surface area contributed by atoms with Crippen LogP contribution in [0.3, 0.4) is 0 Å². The SMILES string of the molecule is CO[Si](C)(CO)CCC[N+](C)(C)CCCOCC(C[N+](C)(C)CCC[Si](CO)(OC)OC)OC([CH-][N+](C)(C)C)COCC(O)C[N+](C)(C)C. The average molecular weight is 746 g/mol. The molecule has 0 aromatic heterocycles. The summed E-state index contributed by atoms with van der Waals surface area (Å²) in [6.45, 7) is 10.1. The van der Waals surface area contributed by atoms with Crippen LogP contribution in [-0.4, -0.2) is 232 Å². The fourth-order valence-electron chi connectivity index (χ4n) is 5.97. The van der Waals surface area contributed by atoms with Gasteiger partial charge in [0.05, 0.1) is 101 Å². The van der Waals surface area contributed by atoms with Gasteiger partial charge in [0, 0.05) is 61.6 Å². The molecule has 0 aliphatic carbocycles. The van der Waals surface area contributed by atoms with Gasteiger partial charge in [-0.3, -0.25) is 0 Å². The molecule has 0 aromatic carbocycles. The summed E-state index contributed by atoms with van der Waals surface area (Å²) < 4.78 is 38.8. The molecule has 49 heavy (non-hydrogen) atoms. The van der Waals surface area contributed by atoms with Gasteiger partial charge < -0.3 is 60.7 Å². The molecule has 0 saturated carbocycles. The normalized spacial score (nSPS) is 16.8. The minimum Gasteiger partial charge on any atom is -0.460 e. The smallest absolute Gasteiger partial charge is 0.364 e. The third-order valence-electron chi connectivity index (χ3n) is 8.99. The van der Waals surface area contributed by atoms with E-state index in [1.54, 1.807) is 21.3 Å². The van der Waals surface area contributed by atoms with E-state index in [1.165, 1.54) is 0 Å². The van der Waals surface area contributed by atoms with Crippen LogP contribution >= 0.6 is 0 Å². The molecular weight excluding hydrogens is 665 g/mol. The van der Waals surface area contributed by atoms with Crippen molar-refractivity contribution in [2.24, 2.45) is 0 Å². The molecule has 0 spiro atoms. The highest BCUT2D eigenvalue weighted by molar-refractivity contribution is 6.72. The summed E-state index contributed by atoms with van der Waals surface area (Å²) in [5.74, 6) is 0. The van der Waals surface area contributed by atoms with E-state index < -0.39 is 23.0 Å². The van der Waals surface area contributed by atoms with E-state index in [0.29, 0.717) is 45.9 Å². The van der Waals surface area contributed by atoms with Crippen LogP contribution in [0.5, 0.6) is 0 Å². The van der Waals surface area contributed by atoms with E-state index in [-0.39, 0.29) is 31.3 Å². The van der Waals surface area contributed by atoms with Gasteiger partial charge in [-0.15, -0.1) is 6.54 Å². The third kappa shape index (κ3) is 24.0. The standard InChI is InChI=1S/C34H81N4O9Si2/c1-35(2,3)24-32(41)27-46-29-33(25-36(4,5)6)47-34(26-38(9,10)20-17-23-49(31-40,43-12)44-13)28-45-21-15-18-37(7,8)19-16-22-48(14,30-39)42-11/h25,32-34,39-41H,15-24,26-31H2,1-14H3/q+3. The lowest BCUT2D eigenvalue weighted by molar-refractivity contribution is -0.894. The van der Waals surface area contributed by atoms with E-state index in [0.717, 1.165) is 56.0 Å². The molecule has 3 N–H and O–H groups in total. The van der Waals surface area contributed by atoms with Gasteiger partial charge >= 0.3 is 8.56 Å². The summed E-state index contributed by atoms with van der Waals surface area (Å²) in [6, 6.07) is 1.66. The maximum absolute atomic E-state index is 10.5. The van der Waals surface area contributed by atoms with Crippen molar-refractivity contribution in [2.45, 2.75) is 56.2 Å². The molecule has 15 heteroatoms. The Balaban J connectivity index is 5.50. The molecule has 296 valence electrons. The molecule has 0 heterocycles. The Kier molecular flexibility index (Phi) is 22.8. The first kappa shape index (κ1) is 48.9. The van der Waals surface area contributed by atoms with Crippen molar-refractivity contribution in [3.8, 4) is 0 Å². The lowest BCUT2D eigenvalue weighted by Gasteiger charge is -2.42. The van der Waals surface area contributed by atoms with Crippen LogP contribution in [0, 0.1) is 6.54 Å². The highest BCUT2D eigenvalue weighted by atomic mass is 28.4. The summed E-state index contributed by atoms with van der Waals surface area (Å²) >= 11 is 0. The van der Waals surface area contributed by atoms with Crippen molar-refractivity contribution in [1.82, 2.24) is 0 Å². The lowest BCUT2D eigenvalue weighted by Crippen LogP contribution is -2.51. The van der Waals surface area contributed by atoms with Gasteiger partial charge in [0.15, 0.2) is 0 Å². The van der Waals surface area contributed by atoms with Crippen LogP contribution in [0.15, 0.2) is 0 Å². The predicted molar refractivity (Wildman–Crippen MR) is 201 cm³/mol. The number of rotatable bonds is 31. The van der Waals surface area contributed by atoms with Crippen molar-refractivity contribution in [3.63, 3.8) is 0 Å². The number of quaternary nitrogens is 4. The largest absolute Gasteiger partial charge is 0.460 e. The number of aliphatic hydroxyl groups excluding tert-OH is 3. The maximum Gasteiger partial charge on any atom is 0.364 e. The minimum absolute atomic E-state index is 0.0640. The second-order valence-corrected chi connectivity index (χ2v) is 25.0. The van der Waals surface area contributed by atoms with Gasteiger partial charge in [0.25, 0.3) is 0 Å². The van der Waals surface area contributed by atoms with Gasteiger partial charge in [0.2, 0.25) is 8.32 Å². The second kappa shape index (κ2) is 22.9. The van der Waals surface area contributed by atoms with Gasteiger partial charge in [-0.2, -0.15) is 0 Å². The van der Waals surface area contributed by atoms with E-state index in [1.807, 2.05) is 0 Å². The summed E-state index contributed by atoms with van der Waals surface area (Å²) in [7, 11) is 21.7. The minimum atomic E-state index is -2.59. The van der Waals surface area contributed by atoms with Gasteiger partial charge in [-0.25, -0.2) is 0 Å². The molecule has 0 aromatic rings. The monoisotopic (exact) mass is 746 g/mol. The number of likely N-dealkylation sites (N-methyl/N-ethyl adjacent to an activating group) is 3. The molecule has 0 radical (unpaired) electrons. The molecule has 4 unspecified atom stereocenters. The number of hydrogen-bond acceptors (Lipinski definition) is 9. The molecule has 0 saturated heterocycles. The first-order valence-corrected chi connectivity index (χ1v) is 23.0. The summed E-state index contributed by atoms with van der Waals surface area (Å²) in [5.41, 5.74) is 0. The Labute approximate surface area is 303 Å². The molecule has 0 fully saturated rings. The van der Waals surface area contributed by atoms with Crippen LogP contribution in [-0.2, 0) is 27.5 Å². The Bertz CT molecular complexity index is 844. The second-order valence-electron chi connectivity index (χ2n) is 17.4. The number of hydrogen-bond donors (Lipinski definition) is 3. The van der Waals surface area contributed by atoms with Crippen LogP contribution < -0.4 is 0 Å². The Morgan fingerprint density at radius 1 is 0.653 bits per heavy atom. The highest BCUT2D eigenvalue weighted by Gasteiger charge is 2.36. The van der Waals surface area contributed by atoms with Crippen molar-refractivity contribution in [3.05, 3.63) is 6.54 Å². The molecule has 0 aliphatic heterocycles. The quantitative estimate of drug-likeness (QED) is 0.0415. The third-order valence-corrected chi connectivity index (χ3v) is 15.1. The first-order valence-electron chi connectivity index (χ1n) is 18.0. The summed E-state index contributed by atoms with van der Waals surface area (Å²) in [6.07, 6.45) is 1.87. The lowest BCUT2D eigenvalue weighted by atomic mass is 10.2. The van der Waals surface area contributed by atoms with Gasteiger partial charge in [0.1, 0.15) is 25.3 Å². The zero-order valence-corrected chi connectivity index (χ0v) is 36.2. The molecule has 0 amide bonds. The van der Waals surface area contributed by atoms with Gasteiger partial charge in [-0.05, 0) is 31.5 Å². The molecule has 13 nitrogen and oxygen atoms in total. The van der Waals surface area contributed by atoms with E-state index in [2.05, 4.69) is 83.6 Å². The zero-order chi connectivity index (χ0) is 38.0. The van der Waals surface area contributed by atoms with Crippen molar-refractivity contribution < 1.29 is 60.7 Å². The Hall–Kier alpha value is -0.0862. The zero-order valence-electron chi connectivity index (χ0n) is 34.2. The highest BCUT2D eigenvalue weighted by Crippen LogP contribution is 2.18. The summed E-state index contributed by atoms with van der Waals surface area (Å²) in [4.78, 5) is 0. The topological polar surface area (TPSA) is 116 Å². The van der Waals surface area contributed by atoms with Crippen LogP contribution in [0.2, 0.25) is 18.6 Å². The number of ether oxygens (including phenoxy) is 3. The first-order chi connectivity index (χ1) is 22.5. The van der Waals surface area contributed by atoms with Crippen molar-refractivity contribution in [1.29, 1.82) is 0 Å². The van der Waals surface area contributed by atoms with Crippen molar-refractivity contribution >= 4 is 16.9 Å². The number of aliphatic hydroxyl groups is 3. The molecular formula is C34H81N4O9Si2+3. The fraction of sp³-hybridized carbons (Fsp3) is 0.971. The van der Waals surface area contributed by atoms with Crippen molar-refractivity contribution in [2.75, 3.05) is 163 Å². The average Bonchev–Trinajstić information content (AvgIpc) is 2.97. The molecule has 0 bridgehead atoms. The van der Waals surface area contributed by atoms with E-state index >= 15 is 0 Å². The summed E-state index contributed by atoms with van der Waals surface area (Å²) in [5, 5.41) is 30.2. The Morgan fingerprint density at radius 3 is 1.73 bits per heavy atom. The predicted octanol–water partition coefficient (Wildman–Crippen LogP) is 1.05. The van der Waals surface area contributed by atoms with Crippen LogP contribution in [0.4, 0.5) is 0 Å². The van der Waals surface area contributed by atoms with E-state index in [9.17, 15) is 15.3 Å². The van der Waals surface area contributed by atoms with Gasteiger partial charge in [-0.1, -0.05) is 0 Å². The number of nitrogens with zero attached hydrogens (tertiary/aromatic N) is 4. The molecule has 4 atom stereocenters. The molecule has 0 aliphatic rings. The molecule has 0 rings (SSSR count). The maximum atomic E-state index is 10.5. The Morgan fingerprint density at radius 2 is 1.22 bits per heavy atom. The van der Waals surface area contributed by atoms with Crippen LogP contribution in [0.25, 0.3) is 0 Å².